The van der Waals surface area contributed by atoms with Gasteiger partial charge in [0.1, 0.15) is 0 Å². The largest absolute Gasteiger partial charge is 0.354 e. The summed E-state index contributed by atoms with van der Waals surface area (Å²) in [5.74, 6) is 0.0448. The smallest absolute Gasteiger partial charge is 0.224 e. The van der Waals surface area contributed by atoms with Gasteiger partial charge in [-0.25, -0.2) is 4.68 Å². The molecule has 1 unspecified atom stereocenters. The maximum atomic E-state index is 12.5. The van der Waals surface area contributed by atoms with E-state index in [0.717, 1.165) is 24.3 Å². The molecule has 0 spiro atoms. The highest BCUT2D eigenvalue weighted by Gasteiger charge is 2.24. The van der Waals surface area contributed by atoms with Gasteiger partial charge in [-0.1, -0.05) is 24.3 Å². The first-order valence-corrected chi connectivity index (χ1v) is 10.3. The molecule has 1 amide bonds. The number of thiophene rings is 1. The van der Waals surface area contributed by atoms with Crippen molar-refractivity contribution in [2.24, 2.45) is 0 Å². The summed E-state index contributed by atoms with van der Waals surface area (Å²) in [6, 6.07) is 14.5. The molecule has 3 aromatic rings. The Bertz CT molecular complexity index is 853. The minimum atomic E-state index is 0.0448. The van der Waals surface area contributed by atoms with Crippen LogP contribution in [0.5, 0.6) is 0 Å². The normalized spacial score (nSPS) is 15.7. The number of aromatic nitrogens is 2. The Kier molecular flexibility index (Phi) is 5.65. The molecule has 0 radical (unpaired) electrons. The zero-order chi connectivity index (χ0) is 18.5. The number of nitrogens with one attached hydrogen (secondary N) is 1. The van der Waals surface area contributed by atoms with Crippen molar-refractivity contribution in [3.63, 3.8) is 0 Å². The van der Waals surface area contributed by atoms with Crippen LogP contribution in [0, 0.1) is 0 Å². The van der Waals surface area contributed by atoms with Crippen molar-refractivity contribution < 1.29 is 4.79 Å². The zero-order valence-electron chi connectivity index (χ0n) is 15.3. The van der Waals surface area contributed by atoms with Crippen LogP contribution >= 0.6 is 11.3 Å². The van der Waals surface area contributed by atoms with Crippen molar-refractivity contribution in [2.45, 2.75) is 25.3 Å². The number of rotatable bonds is 7. The van der Waals surface area contributed by atoms with E-state index in [-0.39, 0.29) is 11.9 Å². The molecule has 1 N–H and O–H groups in total. The number of carbonyl (C=O) groups is 1. The lowest BCUT2D eigenvalue weighted by atomic mass is 10.2. The van der Waals surface area contributed by atoms with Crippen LogP contribution in [0.15, 0.2) is 60.2 Å². The Morgan fingerprint density at radius 3 is 2.70 bits per heavy atom. The average Bonchev–Trinajstić information content (AvgIpc) is 3.46. The van der Waals surface area contributed by atoms with E-state index in [4.69, 9.17) is 0 Å². The highest BCUT2D eigenvalue weighted by Crippen LogP contribution is 2.27. The van der Waals surface area contributed by atoms with Crippen molar-refractivity contribution in [3.8, 4) is 5.69 Å². The van der Waals surface area contributed by atoms with Gasteiger partial charge in [-0.05, 0) is 55.1 Å². The highest BCUT2D eigenvalue weighted by atomic mass is 32.1. The summed E-state index contributed by atoms with van der Waals surface area (Å²) in [5.41, 5.74) is 1.92. The number of hydrogen-bond acceptors (Lipinski definition) is 4. The molecule has 0 saturated carbocycles. The van der Waals surface area contributed by atoms with Gasteiger partial charge >= 0.3 is 0 Å². The van der Waals surface area contributed by atoms with E-state index in [1.54, 1.807) is 22.2 Å². The molecular weight excluding hydrogens is 356 g/mol. The second-order valence-electron chi connectivity index (χ2n) is 6.88. The van der Waals surface area contributed by atoms with Crippen LogP contribution in [0.25, 0.3) is 5.69 Å². The topological polar surface area (TPSA) is 50.2 Å². The van der Waals surface area contributed by atoms with Crippen LogP contribution in [0.2, 0.25) is 0 Å². The summed E-state index contributed by atoms with van der Waals surface area (Å²) in [4.78, 5) is 16.3. The summed E-state index contributed by atoms with van der Waals surface area (Å²) in [7, 11) is 0. The van der Waals surface area contributed by atoms with Crippen molar-refractivity contribution in [3.05, 3.63) is 70.7 Å². The molecule has 1 aliphatic rings. The van der Waals surface area contributed by atoms with E-state index in [1.807, 2.05) is 36.5 Å². The molecule has 27 heavy (non-hydrogen) atoms. The first kappa shape index (κ1) is 17.9. The maximum Gasteiger partial charge on any atom is 0.224 e. The SMILES string of the molecule is O=C(Cc1cnn(-c2ccccc2)c1)NCC(c1cccs1)N1CCCC1. The lowest BCUT2D eigenvalue weighted by molar-refractivity contribution is -0.120. The van der Waals surface area contributed by atoms with Gasteiger partial charge in [-0.2, -0.15) is 5.10 Å². The second-order valence-corrected chi connectivity index (χ2v) is 7.86. The molecule has 1 fully saturated rings. The van der Waals surface area contributed by atoms with Gasteiger partial charge in [0.15, 0.2) is 0 Å². The summed E-state index contributed by atoms with van der Waals surface area (Å²) in [6.07, 6.45) is 6.53. The Labute approximate surface area is 163 Å². The first-order chi connectivity index (χ1) is 13.3. The highest BCUT2D eigenvalue weighted by molar-refractivity contribution is 7.10. The van der Waals surface area contributed by atoms with Crippen molar-refractivity contribution in [1.82, 2.24) is 20.0 Å². The van der Waals surface area contributed by atoms with Crippen LogP contribution in [0.1, 0.15) is 29.3 Å². The molecular formula is C21H24N4OS. The maximum absolute atomic E-state index is 12.5. The fourth-order valence-electron chi connectivity index (χ4n) is 3.58. The number of carbonyl (C=O) groups excluding carboxylic acids is 1. The quantitative estimate of drug-likeness (QED) is 0.683. The summed E-state index contributed by atoms with van der Waals surface area (Å²) in [5, 5.41) is 9.61. The molecule has 1 saturated heterocycles. The number of amides is 1. The summed E-state index contributed by atoms with van der Waals surface area (Å²) in [6.45, 7) is 2.89. The fourth-order valence-corrected chi connectivity index (χ4v) is 4.44. The Morgan fingerprint density at radius 2 is 1.96 bits per heavy atom. The number of nitrogens with zero attached hydrogens (tertiary/aromatic N) is 3. The van der Waals surface area contributed by atoms with Gasteiger partial charge in [-0.15, -0.1) is 11.3 Å². The Hall–Kier alpha value is -2.44. The number of hydrogen-bond donors (Lipinski definition) is 1. The minimum absolute atomic E-state index is 0.0448. The van der Waals surface area contributed by atoms with E-state index < -0.39 is 0 Å². The van der Waals surface area contributed by atoms with Crippen molar-refractivity contribution in [2.75, 3.05) is 19.6 Å². The predicted molar refractivity (Wildman–Crippen MR) is 108 cm³/mol. The lowest BCUT2D eigenvalue weighted by Gasteiger charge is -2.26. The molecule has 2 aromatic heterocycles. The van der Waals surface area contributed by atoms with E-state index in [0.29, 0.717) is 13.0 Å². The van der Waals surface area contributed by atoms with Gasteiger partial charge in [0.05, 0.1) is 24.3 Å². The third-order valence-electron chi connectivity index (χ3n) is 4.97. The molecule has 140 valence electrons. The van der Waals surface area contributed by atoms with Crippen LogP contribution < -0.4 is 5.32 Å². The van der Waals surface area contributed by atoms with Crippen LogP contribution in [0.3, 0.4) is 0 Å². The van der Waals surface area contributed by atoms with Gasteiger partial charge in [0, 0.05) is 17.6 Å². The molecule has 4 rings (SSSR count). The molecule has 6 heteroatoms. The number of benzene rings is 1. The third kappa shape index (κ3) is 4.46. The van der Waals surface area contributed by atoms with Gasteiger partial charge < -0.3 is 5.32 Å². The van der Waals surface area contributed by atoms with Crippen LogP contribution in [-0.4, -0.2) is 40.2 Å². The Balaban J connectivity index is 1.35. The van der Waals surface area contributed by atoms with E-state index in [2.05, 4.69) is 32.8 Å². The first-order valence-electron chi connectivity index (χ1n) is 9.43. The van der Waals surface area contributed by atoms with Crippen LogP contribution in [-0.2, 0) is 11.2 Å². The van der Waals surface area contributed by atoms with Gasteiger partial charge in [0.25, 0.3) is 0 Å². The summed E-state index contributed by atoms with van der Waals surface area (Å²) >= 11 is 1.77. The van der Waals surface area contributed by atoms with Crippen molar-refractivity contribution in [1.29, 1.82) is 0 Å². The number of para-hydroxylation sites is 1. The average molecular weight is 381 g/mol. The Morgan fingerprint density at radius 1 is 1.15 bits per heavy atom. The standard InChI is InChI=1S/C21H24N4OS/c26-21(13-17-14-23-25(16-17)18-7-2-1-3-8-18)22-15-19(20-9-6-12-27-20)24-10-4-5-11-24/h1-3,6-9,12,14,16,19H,4-5,10-11,13,15H2,(H,22,26). The predicted octanol–water partition coefficient (Wildman–Crippen LogP) is 3.43. The fraction of sp³-hybridized carbons (Fsp3) is 0.333. The van der Waals surface area contributed by atoms with E-state index in [1.165, 1.54) is 17.7 Å². The third-order valence-corrected chi connectivity index (χ3v) is 5.94. The monoisotopic (exact) mass is 380 g/mol. The molecule has 1 aliphatic heterocycles. The van der Waals surface area contributed by atoms with E-state index >= 15 is 0 Å². The molecule has 3 heterocycles. The molecule has 5 nitrogen and oxygen atoms in total. The van der Waals surface area contributed by atoms with Crippen LogP contribution in [0.4, 0.5) is 0 Å². The summed E-state index contributed by atoms with van der Waals surface area (Å²) < 4.78 is 1.81. The molecule has 1 atom stereocenters. The second kappa shape index (κ2) is 8.50. The van der Waals surface area contributed by atoms with Gasteiger partial charge in [0.2, 0.25) is 5.91 Å². The zero-order valence-corrected chi connectivity index (χ0v) is 16.1. The molecule has 0 bridgehead atoms. The molecule has 1 aromatic carbocycles. The molecule has 0 aliphatic carbocycles. The minimum Gasteiger partial charge on any atom is -0.354 e. The van der Waals surface area contributed by atoms with Gasteiger partial charge in [-0.3, -0.25) is 9.69 Å². The van der Waals surface area contributed by atoms with E-state index in [9.17, 15) is 4.79 Å². The number of likely N-dealkylation sites (tertiary alicyclic amines) is 1. The van der Waals surface area contributed by atoms with Crippen molar-refractivity contribution >= 4 is 17.2 Å². The lowest BCUT2D eigenvalue weighted by Crippen LogP contribution is -2.37.